The van der Waals surface area contributed by atoms with Crippen molar-refractivity contribution in [1.82, 2.24) is 10.2 Å². The van der Waals surface area contributed by atoms with Gasteiger partial charge in [-0.2, -0.15) is 0 Å². The molecule has 0 aromatic carbocycles. The monoisotopic (exact) mass is 284 g/mol. The second-order valence-corrected chi connectivity index (χ2v) is 6.95. The molecule has 0 saturated carbocycles. The van der Waals surface area contributed by atoms with Crippen LogP contribution in [0.1, 0.15) is 20.8 Å². The first-order valence-corrected chi connectivity index (χ1v) is 8.12. The van der Waals surface area contributed by atoms with Crippen molar-refractivity contribution >= 4 is 16.7 Å². The van der Waals surface area contributed by atoms with E-state index in [-0.39, 0.29) is 11.4 Å². The van der Waals surface area contributed by atoms with Crippen molar-refractivity contribution in [3.63, 3.8) is 0 Å². The molecule has 1 amide bonds. The number of hydrogen-bond acceptors (Lipinski definition) is 3. The minimum atomic E-state index is -0.662. The second kappa shape index (κ2) is 7.60. The molecule has 0 atom stereocenters. The van der Waals surface area contributed by atoms with E-state index < -0.39 is 10.8 Å². The highest BCUT2D eigenvalue weighted by Crippen LogP contribution is 2.15. The van der Waals surface area contributed by atoms with E-state index >= 15 is 0 Å². The maximum Gasteiger partial charge on any atom is 0.244 e. The van der Waals surface area contributed by atoms with Crippen molar-refractivity contribution in [3.8, 4) is 0 Å². The SMILES string of the molecule is CC=CC=CC(=O)NCC(C)(C)N1CCS(=O)CC1. The summed E-state index contributed by atoms with van der Waals surface area (Å²) in [7, 11) is -0.662. The van der Waals surface area contributed by atoms with Gasteiger partial charge in [-0.1, -0.05) is 18.2 Å². The molecule has 1 rings (SSSR count). The van der Waals surface area contributed by atoms with Crippen molar-refractivity contribution in [2.75, 3.05) is 31.1 Å². The second-order valence-electron chi connectivity index (χ2n) is 5.25. The van der Waals surface area contributed by atoms with Gasteiger partial charge < -0.3 is 5.32 Å². The Kier molecular flexibility index (Phi) is 6.45. The van der Waals surface area contributed by atoms with E-state index in [0.29, 0.717) is 6.54 Å². The average molecular weight is 284 g/mol. The quantitative estimate of drug-likeness (QED) is 0.607. The molecule has 1 aliphatic rings. The van der Waals surface area contributed by atoms with Crippen LogP contribution in [-0.4, -0.2) is 51.7 Å². The largest absolute Gasteiger partial charge is 0.351 e. The van der Waals surface area contributed by atoms with Gasteiger partial charge in [0.15, 0.2) is 0 Å². The molecule has 0 spiro atoms. The molecule has 0 radical (unpaired) electrons. The van der Waals surface area contributed by atoms with Crippen LogP contribution in [0.3, 0.4) is 0 Å². The summed E-state index contributed by atoms with van der Waals surface area (Å²) in [6.45, 7) is 8.40. The number of carbonyl (C=O) groups is 1. The molecule has 1 fully saturated rings. The van der Waals surface area contributed by atoms with Crippen LogP contribution >= 0.6 is 0 Å². The molecule has 4 nitrogen and oxygen atoms in total. The zero-order chi connectivity index (χ0) is 14.3. The number of allylic oxidation sites excluding steroid dienone is 3. The molecule has 108 valence electrons. The van der Waals surface area contributed by atoms with Crippen molar-refractivity contribution < 1.29 is 9.00 Å². The molecule has 1 aliphatic heterocycles. The molecule has 0 aromatic rings. The Hall–Kier alpha value is -0.940. The van der Waals surface area contributed by atoms with Gasteiger partial charge in [0.25, 0.3) is 0 Å². The molecular formula is C14H24N2O2S. The zero-order valence-electron chi connectivity index (χ0n) is 12.0. The van der Waals surface area contributed by atoms with Crippen LogP contribution < -0.4 is 5.32 Å². The fraction of sp³-hybridized carbons (Fsp3) is 0.643. The van der Waals surface area contributed by atoms with Gasteiger partial charge in [0.1, 0.15) is 0 Å². The summed E-state index contributed by atoms with van der Waals surface area (Å²) in [5.41, 5.74) is -0.102. The summed E-state index contributed by atoms with van der Waals surface area (Å²) >= 11 is 0. The number of amides is 1. The van der Waals surface area contributed by atoms with Crippen LogP contribution in [0, 0.1) is 0 Å². The van der Waals surface area contributed by atoms with E-state index in [1.807, 2.05) is 19.1 Å². The minimum Gasteiger partial charge on any atom is -0.351 e. The van der Waals surface area contributed by atoms with Gasteiger partial charge in [0.05, 0.1) is 0 Å². The van der Waals surface area contributed by atoms with Crippen LogP contribution in [0.5, 0.6) is 0 Å². The van der Waals surface area contributed by atoms with Crippen molar-refractivity contribution in [3.05, 3.63) is 24.3 Å². The zero-order valence-corrected chi connectivity index (χ0v) is 12.8. The Balaban J connectivity index is 2.41. The average Bonchev–Trinajstić information content (AvgIpc) is 2.37. The summed E-state index contributed by atoms with van der Waals surface area (Å²) in [6, 6.07) is 0. The van der Waals surface area contributed by atoms with E-state index in [9.17, 15) is 9.00 Å². The van der Waals surface area contributed by atoms with Crippen LogP contribution in [0.25, 0.3) is 0 Å². The van der Waals surface area contributed by atoms with E-state index in [1.165, 1.54) is 6.08 Å². The van der Waals surface area contributed by atoms with Gasteiger partial charge in [-0.15, -0.1) is 0 Å². The van der Waals surface area contributed by atoms with Crippen molar-refractivity contribution in [1.29, 1.82) is 0 Å². The first kappa shape index (κ1) is 16.1. The minimum absolute atomic E-state index is 0.0771. The Bertz CT molecular complexity index is 379. The molecule has 1 saturated heterocycles. The maximum atomic E-state index is 11.6. The van der Waals surface area contributed by atoms with E-state index in [2.05, 4.69) is 24.1 Å². The molecule has 1 N–H and O–H groups in total. The van der Waals surface area contributed by atoms with Crippen LogP contribution in [0.4, 0.5) is 0 Å². The summed E-state index contributed by atoms with van der Waals surface area (Å²) < 4.78 is 11.3. The predicted octanol–water partition coefficient (Wildman–Crippen LogP) is 1.08. The van der Waals surface area contributed by atoms with Gasteiger partial charge in [0.2, 0.25) is 5.91 Å². The van der Waals surface area contributed by atoms with E-state index in [4.69, 9.17) is 0 Å². The Morgan fingerprint density at radius 1 is 1.32 bits per heavy atom. The number of nitrogens with zero attached hydrogens (tertiary/aromatic N) is 1. The fourth-order valence-electron chi connectivity index (χ4n) is 1.97. The summed E-state index contributed by atoms with van der Waals surface area (Å²) in [6.07, 6.45) is 6.96. The molecule has 0 aromatic heterocycles. The predicted molar refractivity (Wildman–Crippen MR) is 80.5 cm³/mol. The lowest BCUT2D eigenvalue weighted by atomic mass is 10.0. The lowest BCUT2D eigenvalue weighted by molar-refractivity contribution is -0.117. The number of hydrogen-bond donors (Lipinski definition) is 1. The highest BCUT2D eigenvalue weighted by Gasteiger charge is 2.29. The topological polar surface area (TPSA) is 49.4 Å². The van der Waals surface area contributed by atoms with Gasteiger partial charge in [-0.05, 0) is 20.8 Å². The standard InChI is InChI=1S/C14H24N2O2S/c1-4-5-6-7-13(17)15-12-14(2,3)16-8-10-19(18)11-9-16/h4-7H,8-12H2,1-3H3,(H,15,17). The van der Waals surface area contributed by atoms with E-state index in [1.54, 1.807) is 6.08 Å². The van der Waals surface area contributed by atoms with Gasteiger partial charge >= 0.3 is 0 Å². The highest BCUT2D eigenvalue weighted by atomic mass is 32.2. The van der Waals surface area contributed by atoms with Gasteiger partial charge in [-0.25, -0.2) is 0 Å². The van der Waals surface area contributed by atoms with Crippen LogP contribution in [0.2, 0.25) is 0 Å². The van der Waals surface area contributed by atoms with Crippen LogP contribution in [-0.2, 0) is 15.6 Å². The summed E-state index contributed by atoms with van der Waals surface area (Å²) in [4.78, 5) is 13.9. The third-order valence-corrected chi connectivity index (χ3v) is 4.56. The first-order valence-electron chi connectivity index (χ1n) is 6.63. The summed E-state index contributed by atoms with van der Waals surface area (Å²) in [5, 5.41) is 2.91. The highest BCUT2D eigenvalue weighted by molar-refractivity contribution is 7.85. The third kappa shape index (κ3) is 5.70. The Morgan fingerprint density at radius 2 is 1.95 bits per heavy atom. The number of nitrogens with one attached hydrogen (secondary N) is 1. The van der Waals surface area contributed by atoms with E-state index in [0.717, 1.165) is 24.6 Å². The first-order chi connectivity index (χ1) is 8.95. The Labute approximate surface area is 118 Å². The van der Waals surface area contributed by atoms with Gasteiger partial charge in [0, 0.05) is 53.6 Å². The number of carbonyl (C=O) groups excluding carboxylic acids is 1. The van der Waals surface area contributed by atoms with Crippen LogP contribution in [0.15, 0.2) is 24.3 Å². The van der Waals surface area contributed by atoms with Crippen molar-refractivity contribution in [2.45, 2.75) is 26.3 Å². The number of rotatable bonds is 5. The Morgan fingerprint density at radius 3 is 2.53 bits per heavy atom. The molecule has 0 bridgehead atoms. The molecular weight excluding hydrogens is 260 g/mol. The lowest BCUT2D eigenvalue weighted by Gasteiger charge is -2.40. The van der Waals surface area contributed by atoms with Crippen molar-refractivity contribution in [2.24, 2.45) is 0 Å². The third-order valence-electron chi connectivity index (χ3n) is 3.28. The molecule has 19 heavy (non-hydrogen) atoms. The fourth-order valence-corrected chi connectivity index (χ4v) is 3.02. The molecule has 0 unspecified atom stereocenters. The van der Waals surface area contributed by atoms with Gasteiger partial charge in [-0.3, -0.25) is 13.9 Å². The lowest BCUT2D eigenvalue weighted by Crippen LogP contribution is -2.55. The molecule has 1 heterocycles. The normalized spacial score (nSPS) is 19.3. The maximum absolute atomic E-state index is 11.6. The molecule has 5 heteroatoms. The molecule has 0 aliphatic carbocycles. The summed E-state index contributed by atoms with van der Waals surface area (Å²) in [5.74, 6) is 1.39. The smallest absolute Gasteiger partial charge is 0.244 e.